The molecule has 0 fully saturated rings. The minimum Gasteiger partial charge on any atom is -0.437 e. The first kappa shape index (κ1) is 15.1. The summed E-state index contributed by atoms with van der Waals surface area (Å²) in [6.45, 7) is 4.80. The second-order valence-corrected chi connectivity index (χ2v) is 5.61. The number of anilines is 1. The molecule has 0 amide bonds. The quantitative estimate of drug-likeness (QED) is 0.834. The van der Waals surface area contributed by atoms with Crippen LogP contribution in [0.2, 0.25) is 5.02 Å². The molecule has 0 radical (unpaired) electrons. The van der Waals surface area contributed by atoms with Gasteiger partial charge in [-0.15, -0.1) is 0 Å². The third-order valence-electron chi connectivity index (χ3n) is 2.56. The van der Waals surface area contributed by atoms with Crippen LogP contribution < -0.4 is 10.1 Å². The molecule has 4 nitrogen and oxygen atoms in total. The number of halogens is 2. The molecule has 2 aromatic rings. The summed E-state index contributed by atoms with van der Waals surface area (Å²) in [6.07, 6.45) is 2.74. The number of nitrogens with one attached hydrogen (secondary N) is 1. The molecule has 0 aliphatic rings. The molecule has 0 spiro atoms. The topological polar surface area (TPSA) is 47.0 Å². The van der Waals surface area contributed by atoms with Crippen LogP contribution in [0.5, 0.6) is 11.6 Å². The Labute approximate surface area is 131 Å². The van der Waals surface area contributed by atoms with Gasteiger partial charge >= 0.3 is 0 Å². The fraction of sp³-hybridized carbons (Fsp3) is 0.286. The molecule has 0 aliphatic heterocycles. The van der Waals surface area contributed by atoms with Crippen LogP contribution in [0.4, 0.5) is 5.95 Å². The molecular formula is C14H15BrClN3O. The molecule has 0 saturated heterocycles. The molecule has 1 N–H and O–H groups in total. The number of hydrogen-bond acceptors (Lipinski definition) is 4. The smallest absolute Gasteiger partial charge is 0.227 e. The van der Waals surface area contributed by atoms with Gasteiger partial charge in [0.05, 0.1) is 5.02 Å². The minimum absolute atomic E-state index is 0.503. The Morgan fingerprint density at radius 3 is 2.90 bits per heavy atom. The van der Waals surface area contributed by atoms with E-state index in [9.17, 15) is 0 Å². The molecule has 0 atom stereocenters. The Morgan fingerprint density at radius 2 is 2.20 bits per heavy atom. The van der Waals surface area contributed by atoms with Crippen molar-refractivity contribution in [1.82, 2.24) is 9.97 Å². The summed E-state index contributed by atoms with van der Waals surface area (Å²) in [5, 5.41) is 3.66. The van der Waals surface area contributed by atoms with Crippen LogP contribution in [0.15, 0.2) is 28.9 Å². The minimum atomic E-state index is 0.503. The molecule has 6 heteroatoms. The van der Waals surface area contributed by atoms with Crippen LogP contribution >= 0.6 is 27.5 Å². The molecule has 2 rings (SSSR count). The SMILES string of the molecule is CCCNc1ncc(C)c(Oc2ccc(Br)cc2Cl)n1. The lowest BCUT2D eigenvalue weighted by Gasteiger charge is -2.11. The number of nitrogens with zero attached hydrogens (tertiary/aromatic N) is 2. The lowest BCUT2D eigenvalue weighted by Crippen LogP contribution is -2.05. The van der Waals surface area contributed by atoms with Crippen molar-refractivity contribution in [1.29, 1.82) is 0 Å². The van der Waals surface area contributed by atoms with Crippen molar-refractivity contribution in [3.8, 4) is 11.6 Å². The summed E-state index contributed by atoms with van der Waals surface area (Å²) < 4.78 is 6.67. The van der Waals surface area contributed by atoms with E-state index in [4.69, 9.17) is 16.3 Å². The van der Waals surface area contributed by atoms with Crippen LogP contribution in [-0.4, -0.2) is 16.5 Å². The summed E-state index contributed by atoms with van der Waals surface area (Å²) >= 11 is 9.50. The summed E-state index contributed by atoms with van der Waals surface area (Å²) in [6, 6.07) is 5.45. The van der Waals surface area contributed by atoms with E-state index in [0.717, 1.165) is 23.0 Å². The fourth-order valence-corrected chi connectivity index (χ4v) is 2.23. The van der Waals surface area contributed by atoms with Gasteiger partial charge in [-0.1, -0.05) is 34.5 Å². The molecule has 0 aliphatic carbocycles. The maximum absolute atomic E-state index is 6.14. The van der Waals surface area contributed by atoms with E-state index in [-0.39, 0.29) is 0 Å². The zero-order chi connectivity index (χ0) is 14.5. The first-order valence-electron chi connectivity index (χ1n) is 6.30. The van der Waals surface area contributed by atoms with Gasteiger partial charge in [0, 0.05) is 22.8 Å². The molecule has 20 heavy (non-hydrogen) atoms. The average molecular weight is 357 g/mol. The Morgan fingerprint density at radius 1 is 1.40 bits per heavy atom. The van der Waals surface area contributed by atoms with E-state index in [0.29, 0.717) is 22.6 Å². The molecule has 0 bridgehead atoms. The second kappa shape index (κ2) is 6.90. The van der Waals surface area contributed by atoms with Gasteiger partial charge < -0.3 is 10.1 Å². The third-order valence-corrected chi connectivity index (χ3v) is 3.35. The van der Waals surface area contributed by atoms with Crippen LogP contribution in [0.25, 0.3) is 0 Å². The highest BCUT2D eigenvalue weighted by Gasteiger charge is 2.09. The van der Waals surface area contributed by atoms with E-state index in [2.05, 4.69) is 38.1 Å². The fourth-order valence-electron chi connectivity index (χ4n) is 1.51. The number of aryl methyl sites for hydroxylation is 1. The number of ether oxygens (including phenoxy) is 1. The third kappa shape index (κ3) is 3.84. The summed E-state index contributed by atoms with van der Waals surface area (Å²) in [4.78, 5) is 8.57. The standard InChI is InChI=1S/C14H15BrClN3O/c1-3-6-17-14-18-8-9(2)13(19-14)20-12-5-4-10(15)7-11(12)16/h4-5,7-8H,3,6H2,1-2H3,(H,17,18,19). The van der Waals surface area contributed by atoms with Crippen LogP contribution in [0.1, 0.15) is 18.9 Å². The van der Waals surface area contributed by atoms with Crippen LogP contribution in [-0.2, 0) is 0 Å². The van der Waals surface area contributed by atoms with Crippen LogP contribution in [0.3, 0.4) is 0 Å². The summed E-state index contributed by atoms with van der Waals surface area (Å²) in [5.41, 5.74) is 0.853. The van der Waals surface area contributed by atoms with Crippen molar-refractivity contribution < 1.29 is 4.74 Å². The van der Waals surface area contributed by atoms with Crippen LogP contribution in [0, 0.1) is 6.92 Å². The number of aromatic nitrogens is 2. The van der Waals surface area contributed by atoms with Crippen molar-refractivity contribution in [3.63, 3.8) is 0 Å². The Bertz CT molecular complexity index is 607. The molecule has 1 heterocycles. The predicted molar refractivity (Wildman–Crippen MR) is 84.8 cm³/mol. The largest absolute Gasteiger partial charge is 0.437 e. The van der Waals surface area contributed by atoms with Crippen molar-refractivity contribution in [2.24, 2.45) is 0 Å². The van der Waals surface area contributed by atoms with Gasteiger partial charge in [0.15, 0.2) is 0 Å². The molecule has 106 valence electrons. The lowest BCUT2D eigenvalue weighted by atomic mass is 10.3. The first-order chi connectivity index (χ1) is 9.60. The molecule has 1 aromatic heterocycles. The normalized spacial score (nSPS) is 10.4. The number of rotatable bonds is 5. The Hall–Kier alpha value is -1.33. The first-order valence-corrected chi connectivity index (χ1v) is 7.47. The predicted octanol–water partition coefficient (Wildman–Crippen LogP) is 4.82. The van der Waals surface area contributed by atoms with Gasteiger partial charge in [-0.3, -0.25) is 0 Å². The zero-order valence-electron chi connectivity index (χ0n) is 11.3. The van der Waals surface area contributed by atoms with Gasteiger partial charge in [0.2, 0.25) is 11.8 Å². The second-order valence-electron chi connectivity index (χ2n) is 4.29. The van der Waals surface area contributed by atoms with Crippen molar-refractivity contribution >= 4 is 33.5 Å². The molecular weight excluding hydrogens is 342 g/mol. The van der Waals surface area contributed by atoms with Gasteiger partial charge in [-0.25, -0.2) is 4.98 Å². The Balaban J connectivity index is 2.23. The van der Waals surface area contributed by atoms with Gasteiger partial charge in [0.1, 0.15) is 5.75 Å². The Kier molecular flexibility index (Phi) is 5.20. The van der Waals surface area contributed by atoms with E-state index in [1.54, 1.807) is 18.3 Å². The average Bonchev–Trinajstić information content (AvgIpc) is 2.42. The highest BCUT2D eigenvalue weighted by molar-refractivity contribution is 9.10. The van der Waals surface area contributed by atoms with Crippen molar-refractivity contribution in [2.75, 3.05) is 11.9 Å². The highest BCUT2D eigenvalue weighted by Crippen LogP contribution is 2.32. The summed E-state index contributed by atoms with van der Waals surface area (Å²) in [7, 11) is 0. The van der Waals surface area contributed by atoms with Gasteiger partial charge in [-0.05, 0) is 31.5 Å². The highest BCUT2D eigenvalue weighted by atomic mass is 79.9. The van der Waals surface area contributed by atoms with E-state index in [1.165, 1.54) is 0 Å². The lowest BCUT2D eigenvalue weighted by molar-refractivity contribution is 0.458. The monoisotopic (exact) mass is 355 g/mol. The maximum Gasteiger partial charge on any atom is 0.227 e. The van der Waals surface area contributed by atoms with E-state index in [1.807, 2.05) is 13.0 Å². The van der Waals surface area contributed by atoms with E-state index >= 15 is 0 Å². The zero-order valence-corrected chi connectivity index (χ0v) is 13.6. The number of hydrogen-bond donors (Lipinski definition) is 1. The maximum atomic E-state index is 6.14. The molecule has 0 unspecified atom stereocenters. The van der Waals surface area contributed by atoms with Crippen molar-refractivity contribution in [3.05, 3.63) is 39.5 Å². The molecule has 1 aromatic carbocycles. The number of benzene rings is 1. The van der Waals surface area contributed by atoms with Gasteiger partial charge in [0.25, 0.3) is 0 Å². The van der Waals surface area contributed by atoms with E-state index < -0.39 is 0 Å². The summed E-state index contributed by atoms with van der Waals surface area (Å²) in [5.74, 6) is 1.63. The molecule has 0 saturated carbocycles. The van der Waals surface area contributed by atoms with Gasteiger partial charge in [-0.2, -0.15) is 4.98 Å². The van der Waals surface area contributed by atoms with Crippen molar-refractivity contribution in [2.45, 2.75) is 20.3 Å².